The fraction of sp³-hybridized carbons (Fsp3) is 0.280. The van der Waals surface area contributed by atoms with Crippen LogP contribution in [-0.2, 0) is 13.2 Å². The highest BCUT2D eigenvalue weighted by Gasteiger charge is 2.19. The highest BCUT2D eigenvalue weighted by molar-refractivity contribution is 6.32. The molecule has 0 bridgehead atoms. The summed E-state index contributed by atoms with van der Waals surface area (Å²) in [4.78, 5) is 13.9. The van der Waals surface area contributed by atoms with Gasteiger partial charge in [-0.1, -0.05) is 17.7 Å². The molecule has 3 aromatic heterocycles. The first-order chi connectivity index (χ1) is 16.6. The van der Waals surface area contributed by atoms with E-state index < -0.39 is 0 Å². The Labute approximate surface area is 202 Å². The van der Waals surface area contributed by atoms with Crippen molar-refractivity contribution in [2.24, 2.45) is 0 Å². The molecule has 9 heteroatoms. The SMILES string of the molecule is COc1cc(CO)c(-c2cn3ccc(N4CCN(c5ccc(CO)cn5)CC4)cc3n2)cc1Cl. The second-order valence-electron chi connectivity index (χ2n) is 8.24. The molecule has 176 valence electrons. The van der Waals surface area contributed by atoms with Gasteiger partial charge in [0.1, 0.15) is 17.2 Å². The lowest BCUT2D eigenvalue weighted by atomic mass is 10.1. The van der Waals surface area contributed by atoms with Crippen LogP contribution in [0.5, 0.6) is 5.75 Å². The molecule has 1 fully saturated rings. The van der Waals surface area contributed by atoms with Crippen LogP contribution in [0.25, 0.3) is 16.9 Å². The Morgan fingerprint density at radius 2 is 1.79 bits per heavy atom. The van der Waals surface area contributed by atoms with Crippen molar-refractivity contribution in [3.8, 4) is 17.0 Å². The lowest BCUT2D eigenvalue weighted by Gasteiger charge is -2.36. The molecule has 0 amide bonds. The molecular formula is C25H26ClN5O3. The van der Waals surface area contributed by atoms with E-state index in [1.165, 1.54) is 0 Å². The quantitative estimate of drug-likeness (QED) is 0.438. The molecular weight excluding hydrogens is 454 g/mol. The highest BCUT2D eigenvalue weighted by atomic mass is 35.5. The summed E-state index contributed by atoms with van der Waals surface area (Å²) in [6, 6.07) is 11.6. The molecule has 4 heterocycles. The third kappa shape index (κ3) is 4.27. The largest absolute Gasteiger partial charge is 0.495 e. The van der Waals surface area contributed by atoms with Crippen molar-refractivity contribution in [3.05, 3.63) is 71.1 Å². The van der Waals surface area contributed by atoms with Crippen LogP contribution in [-0.4, -0.2) is 57.9 Å². The van der Waals surface area contributed by atoms with E-state index in [1.807, 2.05) is 28.9 Å². The topological polar surface area (TPSA) is 86.4 Å². The number of ether oxygens (including phenoxy) is 1. The van der Waals surface area contributed by atoms with Crippen LogP contribution in [0.3, 0.4) is 0 Å². The molecule has 0 spiro atoms. The molecule has 8 nitrogen and oxygen atoms in total. The van der Waals surface area contributed by atoms with Gasteiger partial charge in [-0.05, 0) is 35.4 Å². The Bertz CT molecular complexity index is 1300. The van der Waals surface area contributed by atoms with E-state index in [9.17, 15) is 10.2 Å². The van der Waals surface area contributed by atoms with Gasteiger partial charge in [-0.3, -0.25) is 0 Å². The number of nitrogens with zero attached hydrogens (tertiary/aromatic N) is 5. The fourth-order valence-corrected chi connectivity index (χ4v) is 4.55. The van der Waals surface area contributed by atoms with Crippen LogP contribution in [0.15, 0.2) is 55.0 Å². The van der Waals surface area contributed by atoms with E-state index in [-0.39, 0.29) is 13.2 Å². The number of piperazine rings is 1. The van der Waals surface area contributed by atoms with Crippen LogP contribution in [0.1, 0.15) is 11.1 Å². The smallest absolute Gasteiger partial charge is 0.139 e. The number of anilines is 2. The number of aliphatic hydroxyl groups is 2. The molecule has 4 aromatic rings. The summed E-state index contributed by atoms with van der Waals surface area (Å²) in [6.07, 6.45) is 5.67. The number of imidazole rings is 1. The maximum absolute atomic E-state index is 9.85. The van der Waals surface area contributed by atoms with Crippen LogP contribution in [0.2, 0.25) is 5.02 Å². The van der Waals surface area contributed by atoms with Crippen LogP contribution in [0.4, 0.5) is 11.5 Å². The summed E-state index contributed by atoms with van der Waals surface area (Å²) < 4.78 is 7.25. The van der Waals surface area contributed by atoms with Gasteiger partial charge in [0.05, 0.1) is 31.0 Å². The summed E-state index contributed by atoms with van der Waals surface area (Å²) in [5, 5.41) is 19.5. The predicted octanol–water partition coefficient (Wildman–Crippen LogP) is 3.37. The number of rotatable bonds is 6. The van der Waals surface area contributed by atoms with Crippen molar-refractivity contribution in [1.82, 2.24) is 14.4 Å². The normalized spacial score (nSPS) is 14.1. The molecule has 0 radical (unpaired) electrons. The minimum atomic E-state index is -0.135. The molecule has 0 atom stereocenters. The molecule has 34 heavy (non-hydrogen) atoms. The van der Waals surface area contributed by atoms with Gasteiger partial charge in [0.25, 0.3) is 0 Å². The highest BCUT2D eigenvalue weighted by Crippen LogP contribution is 2.34. The lowest BCUT2D eigenvalue weighted by molar-refractivity contribution is 0.281. The lowest BCUT2D eigenvalue weighted by Crippen LogP contribution is -2.46. The first-order valence-electron chi connectivity index (χ1n) is 11.1. The average molecular weight is 480 g/mol. The minimum absolute atomic E-state index is 0.00579. The van der Waals surface area contributed by atoms with Gasteiger partial charge >= 0.3 is 0 Å². The van der Waals surface area contributed by atoms with E-state index in [0.717, 1.165) is 60.2 Å². The van der Waals surface area contributed by atoms with Gasteiger partial charge in [0, 0.05) is 62.1 Å². The van der Waals surface area contributed by atoms with E-state index in [4.69, 9.17) is 21.3 Å². The number of aromatic nitrogens is 3. The third-order valence-corrected chi connectivity index (χ3v) is 6.52. The zero-order valence-electron chi connectivity index (χ0n) is 18.9. The van der Waals surface area contributed by atoms with Crippen LogP contribution < -0.4 is 14.5 Å². The van der Waals surface area contributed by atoms with Crippen molar-refractivity contribution >= 4 is 28.8 Å². The Balaban J connectivity index is 1.35. The van der Waals surface area contributed by atoms with Gasteiger partial charge in [-0.25, -0.2) is 9.97 Å². The van der Waals surface area contributed by atoms with E-state index in [0.29, 0.717) is 16.3 Å². The summed E-state index contributed by atoms with van der Waals surface area (Å²) in [6.45, 7) is 3.34. The monoisotopic (exact) mass is 479 g/mol. The Morgan fingerprint density at radius 1 is 1.00 bits per heavy atom. The molecule has 1 aromatic carbocycles. The van der Waals surface area contributed by atoms with Crippen molar-refractivity contribution < 1.29 is 14.9 Å². The predicted molar refractivity (Wildman–Crippen MR) is 133 cm³/mol. The standard InChI is InChI=1S/C25H26ClN5O3/c1-34-23-10-18(16-33)20(12-21(23)26)22-14-31-5-4-19(11-25(31)28-22)29-6-8-30(9-7-29)24-3-2-17(15-32)13-27-24/h2-5,10-14,32-33H,6-9,15-16H2,1H3. The number of aliphatic hydroxyl groups excluding tert-OH is 2. The van der Waals surface area contributed by atoms with Gasteiger partial charge in [0.15, 0.2) is 0 Å². The van der Waals surface area contributed by atoms with Crippen LogP contribution in [0, 0.1) is 0 Å². The second kappa shape index (κ2) is 9.50. The van der Waals surface area contributed by atoms with Crippen molar-refractivity contribution in [3.63, 3.8) is 0 Å². The van der Waals surface area contributed by atoms with Gasteiger partial charge in [0.2, 0.25) is 0 Å². The number of methoxy groups -OCH3 is 1. The molecule has 1 saturated heterocycles. The van der Waals surface area contributed by atoms with Gasteiger partial charge < -0.3 is 29.2 Å². The number of hydrogen-bond donors (Lipinski definition) is 2. The second-order valence-corrected chi connectivity index (χ2v) is 8.64. The average Bonchev–Trinajstić information content (AvgIpc) is 3.32. The molecule has 0 aliphatic carbocycles. The molecule has 2 N–H and O–H groups in total. The van der Waals surface area contributed by atoms with Crippen molar-refractivity contribution in [1.29, 1.82) is 0 Å². The van der Waals surface area contributed by atoms with E-state index in [2.05, 4.69) is 26.9 Å². The molecule has 5 rings (SSSR count). The molecule has 0 unspecified atom stereocenters. The number of halogens is 1. The number of hydrogen-bond acceptors (Lipinski definition) is 7. The zero-order valence-corrected chi connectivity index (χ0v) is 19.6. The summed E-state index contributed by atoms with van der Waals surface area (Å²) in [7, 11) is 1.55. The maximum Gasteiger partial charge on any atom is 0.139 e. The minimum Gasteiger partial charge on any atom is -0.495 e. The van der Waals surface area contributed by atoms with Gasteiger partial charge in [-0.2, -0.15) is 0 Å². The van der Waals surface area contributed by atoms with Crippen molar-refractivity contribution in [2.75, 3.05) is 43.1 Å². The number of benzene rings is 1. The fourth-order valence-electron chi connectivity index (χ4n) is 4.31. The van der Waals surface area contributed by atoms with E-state index >= 15 is 0 Å². The summed E-state index contributed by atoms with van der Waals surface area (Å²) in [5.74, 6) is 1.46. The first kappa shape index (κ1) is 22.5. The van der Waals surface area contributed by atoms with E-state index in [1.54, 1.807) is 25.4 Å². The zero-order chi connectivity index (χ0) is 23.7. The van der Waals surface area contributed by atoms with Crippen LogP contribution >= 0.6 is 11.6 Å². The molecule has 1 aliphatic rings. The summed E-state index contributed by atoms with van der Waals surface area (Å²) in [5.41, 5.74) is 4.99. The Hall–Kier alpha value is -3.33. The Morgan fingerprint density at radius 3 is 2.47 bits per heavy atom. The number of fused-ring (bicyclic) bond motifs is 1. The first-order valence-corrected chi connectivity index (χ1v) is 11.5. The molecule has 0 saturated carbocycles. The van der Waals surface area contributed by atoms with Crippen molar-refractivity contribution in [2.45, 2.75) is 13.2 Å². The molecule has 1 aliphatic heterocycles. The number of pyridine rings is 2. The third-order valence-electron chi connectivity index (χ3n) is 6.23. The maximum atomic E-state index is 9.85. The summed E-state index contributed by atoms with van der Waals surface area (Å²) >= 11 is 6.34. The Kier molecular flexibility index (Phi) is 6.28. The van der Waals surface area contributed by atoms with Gasteiger partial charge in [-0.15, -0.1) is 0 Å².